The molecule has 2 amide bonds. The second kappa shape index (κ2) is 8.05. The number of carbonyl (C=O) groups excluding carboxylic acids is 2. The number of nitrogens with zero attached hydrogens (tertiary/aromatic N) is 2. The number of primary amides is 1. The first kappa shape index (κ1) is 18.7. The Balaban J connectivity index is 1.69. The first-order valence-corrected chi connectivity index (χ1v) is 8.98. The maximum atomic E-state index is 13.5. The number of thioether (sulfide) groups is 1. The number of benzene rings is 2. The summed E-state index contributed by atoms with van der Waals surface area (Å²) in [4.78, 5) is 27.8. The Bertz CT molecular complexity index is 972. The Kier molecular flexibility index (Phi) is 5.56. The highest BCUT2D eigenvalue weighted by atomic mass is 32.2. The molecule has 0 aliphatic carbocycles. The number of anilines is 1. The fraction of sp³-hybridized carbons (Fsp3) is 0.105. The van der Waals surface area contributed by atoms with Crippen molar-refractivity contribution in [2.75, 3.05) is 5.32 Å². The number of imidazole rings is 1. The van der Waals surface area contributed by atoms with E-state index in [1.165, 1.54) is 23.9 Å². The molecule has 2 aromatic carbocycles. The van der Waals surface area contributed by atoms with Gasteiger partial charge in [0, 0.05) is 23.6 Å². The lowest BCUT2D eigenvalue weighted by molar-refractivity contribution is -0.115. The predicted octanol–water partition coefficient (Wildman–Crippen LogP) is 3.23. The smallest absolute Gasteiger partial charge is 0.248 e. The minimum absolute atomic E-state index is 0.222. The highest BCUT2D eigenvalue weighted by Crippen LogP contribution is 2.25. The van der Waals surface area contributed by atoms with Crippen molar-refractivity contribution in [3.05, 3.63) is 72.3 Å². The van der Waals surface area contributed by atoms with Crippen LogP contribution in [0.25, 0.3) is 5.69 Å². The molecule has 27 heavy (non-hydrogen) atoms. The van der Waals surface area contributed by atoms with Crippen molar-refractivity contribution in [3.63, 3.8) is 0 Å². The van der Waals surface area contributed by atoms with E-state index in [2.05, 4.69) is 10.3 Å². The topological polar surface area (TPSA) is 90.0 Å². The zero-order valence-electron chi connectivity index (χ0n) is 14.4. The summed E-state index contributed by atoms with van der Waals surface area (Å²) < 4.78 is 15.2. The molecule has 138 valence electrons. The van der Waals surface area contributed by atoms with Gasteiger partial charge in [-0.3, -0.25) is 14.2 Å². The third-order valence-electron chi connectivity index (χ3n) is 3.78. The van der Waals surface area contributed by atoms with Crippen LogP contribution in [0.4, 0.5) is 10.1 Å². The van der Waals surface area contributed by atoms with Crippen LogP contribution < -0.4 is 11.1 Å². The fourth-order valence-corrected chi connectivity index (χ4v) is 3.26. The van der Waals surface area contributed by atoms with Crippen LogP contribution in [-0.2, 0) is 4.79 Å². The molecule has 0 aliphatic heterocycles. The predicted molar refractivity (Wildman–Crippen MR) is 102 cm³/mol. The largest absolute Gasteiger partial charge is 0.366 e. The highest BCUT2D eigenvalue weighted by Gasteiger charge is 2.18. The van der Waals surface area contributed by atoms with Crippen LogP contribution >= 0.6 is 11.8 Å². The molecule has 0 bridgehead atoms. The summed E-state index contributed by atoms with van der Waals surface area (Å²) >= 11 is 1.26. The van der Waals surface area contributed by atoms with Crippen LogP contribution in [0.2, 0.25) is 0 Å². The van der Waals surface area contributed by atoms with Gasteiger partial charge in [0.15, 0.2) is 5.16 Å². The molecule has 0 fully saturated rings. The van der Waals surface area contributed by atoms with Gasteiger partial charge in [-0.1, -0.05) is 17.8 Å². The molecule has 3 aromatic rings. The van der Waals surface area contributed by atoms with Gasteiger partial charge in [0.25, 0.3) is 0 Å². The van der Waals surface area contributed by atoms with E-state index >= 15 is 0 Å². The molecule has 0 spiro atoms. The van der Waals surface area contributed by atoms with Gasteiger partial charge in [-0.2, -0.15) is 0 Å². The van der Waals surface area contributed by atoms with Crippen molar-refractivity contribution in [3.8, 4) is 5.69 Å². The van der Waals surface area contributed by atoms with E-state index < -0.39 is 11.2 Å². The Morgan fingerprint density at radius 1 is 1.22 bits per heavy atom. The van der Waals surface area contributed by atoms with Crippen LogP contribution in [0.3, 0.4) is 0 Å². The van der Waals surface area contributed by atoms with Gasteiger partial charge in [-0.15, -0.1) is 0 Å². The maximum absolute atomic E-state index is 13.5. The molecular weight excluding hydrogens is 367 g/mol. The standard InChI is InChI=1S/C19H17FN4O2S/c1-12(18(26)23-15-7-5-13(6-8-15)17(21)25)27-19-22-9-10-24(19)16-4-2-3-14(20)11-16/h2-12H,1H3,(H2,21,25)(H,23,26). The average Bonchev–Trinajstić information content (AvgIpc) is 3.10. The third kappa shape index (κ3) is 4.53. The summed E-state index contributed by atoms with van der Waals surface area (Å²) in [5.74, 6) is -1.09. The van der Waals surface area contributed by atoms with Crippen LogP contribution in [0, 0.1) is 5.82 Å². The summed E-state index contributed by atoms with van der Waals surface area (Å²) in [6.45, 7) is 1.75. The lowest BCUT2D eigenvalue weighted by Crippen LogP contribution is -2.23. The van der Waals surface area contributed by atoms with E-state index in [9.17, 15) is 14.0 Å². The van der Waals surface area contributed by atoms with Gasteiger partial charge in [0.05, 0.1) is 10.9 Å². The van der Waals surface area contributed by atoms with Crippen molar-refractivity contribution in [2.24, 2.45) is 5.73 Å². The van der Waals surface area contributed by atoms with Gasteiger partial charge >= 0.3 is 0 Å². The summed E-state index contributed by atoms with van der Waals surface area (Å²) in [5, 5.41) is 2.91. The molecule has 0 aliphatic rings. The van der Waals surface area contributed by atoms with Gasteiger partial charge in [-0.05, 0) is 49.4 Å². The summed E-state index contributed by atoms with van der Waals surface area (Å²) in [6, 6.07) is 12.5. The zero-order valence-corrected chi connectivity index (χ0v) is 15.2. The second-order valence-electron chi connectivity index (χ2n) is 5.75. The Labute approximate surface area is 159 Å². The van der Waals surface area contributed by atoms with E-state index in [1.807, 2.05) is 0 Å². The molecule has 0 saturated heterocycles. The van der Waals surface area contributed by atoms with Crippen molar-refractivity contribution in [1.82, 2.24) is 9.55 Å². The number of hydrogen-bond donors (Lipinski definition) is 2. The average molecular weight is 384 g/mol. The van der Waals surface area contributed by atoms with Crippen LogP contribution in [0.5, 0.6) is 0 Å². The molecule has 0 saturated carbocycles. The summed E-state index contributed by atoms with van der Waals surface area (Å²) in [5.41, 5.74) is 6.76. The molecule has 1 atom stereocenters. The van der Waals surface area contributed by atoms with Crippen molar-refractivity contribution < 1.29 is 14.0 Å². The zero-order chi connectivity index (χ0) is 19.4. The molecular formula is C19H17FN4O2S. The monoisotopic (exact) mass is 384 g/mol. The molecule has 3 N–H and O–H groups in total. The molecule has 6 nitrogen and oxygen atoms in total. The van der Waals surface area contributed by atoms with Crippen molar-refractivity contribution in [2.45, 2.75) is 17.3 Å². The number of hydrogen-bond acceptors (Lipinski definition) is 4. The van der Waals surface area contributed by atoms with E-state index in [0.29, 0.717) is 22.1 Å². The van der Waals surface area contributed by atoms with Crippen molar-refractivity contribution in [1.29, 1.82) is 0 Å². The third-order valence-corrected chi connectivity index (χ3v) is 4.86. The van der Waals surface area contributed by atoms with Gasteiger partial charge in [-0.25, -0.2) is 9.37 Å². The van der Waals surface area contributed by atoms with Crippen LogP contribution in [-0.4, -0.2) is 26.6 Å². The summed E-state index contributed by atoms with van der Waals surface area (Å²) in [6.07, 6.45) is 3.31. The van der Waals surface area contributed by atoms with Gasteiger partial charge in [0.2, 0.25) is 11.8 Å². The molecule has 3 rings (SSSR count). The maximum Gasteiger partial charge on any atom is 0.248 e. The van der Waals surface area contributed by atoms with Crippen LogP contribution in [0.15, 0.2) is 66.1 Å². The number of nitrogens with two attached hydrogens (primary N) is 1. The first-order valence-electron chi connectivity index (χ1n) is 8.11. The van der Waals surface area contributed by atoms with E-state index in [0.717, 1.165) is 0 Å². The Hall–Kier alpha value is -3.13. The van der Waals surface area contributed by atoms with Crippen LogP contribution in [0.1, 0.15) is 17.3 Å². The van der Waals surface area contributed by atoms with Gasteiger partial charge < -0.3 is 11.1 Å². The lowest BCUT2D eigenvalue weighted by Gasteiger charge is -2.13. The second-order valence-corrected chi connectivity index (χ2v) is 7.06. The number of halogens is 1. The van der Waals surface area contributed by atoms with E-state index in [4.69, 9.17) is 5.73 Å². The van der Waals surface area contributed by atoms with E-state index in [-0.39, 0.29) is 11.7 Å². The number of rotatable bonds is 6. The highest BCUT2D eigenvalue weighted by molar-refractivity contribution is 8.00. The minimum atomic E-state index is -0.527. The quantitative estimate of drug-likeness (QED) is 0.639. The number of amides is 2. The minimum Gasteiger partial charge on any atom is -0.366 e. The van der Waals surface area contributed by atoms with Crippen molar-refractivity contribution >= 4 is 29.3 Å². The van der Waals surface area contributed by atoms with Gasteiger partial charge in [0.1, 0.15) is 5.82 Å². The number of nitrogens with one attached hydrogen (secondary N) is 1. The lowest BCUT2D eigenvalue weighted by atomic mass is 10.2. The molecule has 0 radical (unpaired) electrons. The summed E-state index contributed by atoms with van der Waals surface area (Å²) in [7, 11) is 0. The number of carbonyl (C=O) groups is 2. The Morgan fingerprint density at radius 3 is 2.63 bits per heavy atom. The molecule has 1 unspecified atom stereocenters. The normalized spacial score (nSPS) is 11.8. The van der Waals surface area contributed by atoms with E-state index in [1.54, 1.807) is 60.3 Å². The SMILES string of the molecule is CC(Sc1nccn1-c1cccc(F)c1)C(=O)Nc1ccc(C(N)=O)cc1. The number of aromatic nitrogens is 2. The fourth-order valence-electron chi connectivity index (χ4n) is 2.37. The molecule has 1 aromatic heterocycles. The Morgan fingerprint density at radius 2 is 1.96 bits per heavy atom. The molecule has 8 heteroatoms. The first-order chi connectivity index (χ1) is 12.9. The molecule has 1 heterocycles.